The third kappa shape index (κ3) is 5.95. The van der Waals surface area contributed by atoms with Crippen LogP contribution in [-0.4, -0.2) is 60.1 Å². The first-order chi connectivity index (χ1) is 19.6. The summed E-state index contributed by atoms with van der Waals surface area (Å²) in [5, 5.41) is 15.7. The van der Waals surface area contributed by atoms with Crippen molar-refractivity contribution in [1.29, 1.82) is 0 Å². The molecule has 0 radical (unpaired) electrons. The van der Waals surface area contributed by atoms with E-state index in [0.29, 0.717) is 23.2 Å². The number of hydrogen-bond donors (Lipinski definition) is 3. The summed E-state index contributed by atoms with van der Waals surface area (Å²) < 4.78 is 13.1. The van der Waals surface area contributed by atoms with E-state index in [4.69, 9.17) is 0 Å². The SMILES string of the molecule is CC(C)N1CCC2(CC1)CC(S(=O)c1ccc(Nc3ncc4c(n3)NC(=O)C43CC3)cc1)C2.CC1(O)CCCCC1. The zero-order chi connectivity index (χ0) is 28.8. The second kappa shape index (κ2) is 11.0. The fourth-order valence-electron chi connectivity index (χ4n) is 7.15. The third-order valence-corrected chi connectivity index (χ3v) is 11.9. The fourth-order valence-corrected chi connectivity index (χ4v) is 8.95. The highest BCUT2D eigenvalue weighted by Crippen LogP contribution is 2.54. The largest absolute Gasteiger partial charge is 0.390 e. The van der Waals surface area contributed by atoms with Gasteiger partial charge in [-0.05, 0) is 115 Å². The van der Waals surface area contributed by atoms with Crippen molar-refractivity contribution < 1.29 is 14.1 Å². The van der Waals surface area contributed by atoms with Gasteiger partial charge in [0.2, 0.25) is 11.9 Å². The molecular weight excluding hydrogens is 534 g/mol. The number of piperidine rings is 1. The number of hydrogen-bond acceptors (Lipinski definition) is 7. The lowest BCUT2D eigenvalue weighted by atomic mass is 9.63. The third-order valence-electron chi connectivity index (χ3n) is 10.2. The Hall–Kier alpha value is -2.36. The van der Waals surface area contributed by atoms with Crippen LogP contribution in [0.5, 0.6) is 0 Å². The van der Waals surface area contributed by atoms with Gasteiger partial charge in [0.05, 0.1) is 21.8 Å². The van der Waals surface area contributed by atoms with Gasteiger partial charge >= 0.3 is 0 Å². The highest BCUT2D eigenvalue weighted by Gasteiger charge is 2.57. The molecule has 1 atom stereocenters. The summed E-state index contributed by atoms with van der Waals surface area (Å²) in [6.07, 6.45) is 13.9. The van der Waals surface area contributed by atoms with Crippen molar-refractivity contribution in [2.45, 2.75) is 119 Å². The maximum absolute atomic E-state index is 13.1. The van der Waals surface area contributed by atoms with Crippen LogP contribution in [0.4, 0.5) is 17.5 Å². The van der Waals surface area contributed by atoms with E-state index >= 15 is 0 Å². The fraction of sp³-hybridized carbons (Fsp3) is 0.656. The number of carbonyl (C=O) groups is 1. The Labute approximate surface area is 246 Å². The van der Waals surface area contributed by atoms with E-state index < -0.39 is 10.8 Å². The molecule has 1 aromatic heterocycles. The minimum absolute atomic E-state index is 0.0408. The first-order valence-corrected chi connectivity index (χ1v) is 16.7. The molecule has 2 aromatic rings. The number of nitrogens with zero attached hydrogens (tertiary/aromatic N) is 3. The molecule has 3 heterocycles. The number of anilines is 3. The Morgan fingerprint density at radius 2 is 1.68 bits per heavy atom. The summed E-state index contributed by atoms with van der Waals surface area (Å²) >= 11 is 0. The molecule has 2 spiro atoms. The lowest BCUT2D eigenvalue weighted by molar-refractivity contribution is -0.117. The minimum Gasteiger partial charge on any atom is -0.390 e. The van der Waals surface area contributed by atoms with Gasteiger partial charge in [0, 0.05) is 33.6 Å². The molecule has 7 rings (SSSR count). The number of benzene rings is 1. The summed E-state index contributed by atoms with van der Waals surface area (Å²) in [6, 6.07) is 8.37. The van der Waals surface area contributed by atoms with Crippen LogP contribution >= 0.6 is 0 Å². The first kappa shape index (κ1) is 28.7. The van der Waals surface area contributed by atoms with Gasteiger partial charge in [-0.25, -0.2) is 4.98 Å². The second-order valence-electron chi connectivity index (χ2n) is 13.7. The summed E-state index contributed by atoms with van der Waals surface area (Å²) in [5.74, 6) is 1.11. The van der Waals surface area contributed by atoms with Crippen molar-refractivity contribution >= 4 is 34.2 Å². The quantitative estimate of drug-likeness (QED) is 0.419. The molecule has 1 saturated heterocycles. The monoisotopic (exact) mass is 579 g/mol. The summed E-state index contributed by atoms with van der Waals surface area (Å²) in [5.41, 5.74) is 1.49. The van der Waals surface area contributed by atoms with Crippen LogP contribution in [0.1, 0.15) is 97.0 Å². The molecule has 9 heteroatoms. The number of fused-ring (bicyclic) bond motifs is 2. The number of nitrogens with one attached hydrogen (secondary N) is 2. The van der Waals surface area contributed by atoms with Crippen molar-refractivity contribution in [1.82, 2.24) is 14.9 Å². The molecule has 1 amide bonds. The van der Waals surface area contributed by atoms with Crippen LogP contribution in [0.15, 0.2) is 35.4 Å². The van der Waals surface area contributed by atoms with Crippen LogP contribution in [0.3, 0.4) is 0 Å². The number of carbonyl (C=O) groups excluding carboxylic acids is 1. The highest BCUT2D eigenvalue weighted by atomic mass is 32.2. The van der Waals surface area contributed by atoms with E-state index in [0.717, 1.165) is 54.7 Å². The van der Waals surface area contributed by atoms with E-state index in [1.165, 1.54) is 45.2 Å². The van der Waals surface area contributed by atoms with Gasteiger partial charge in [-0.15, -0.1) is 0 Å². The van der Waals surface area contributed by atoms with E-state index in [1.807, 2.05) is 31.2 Å². The van der Waals surface area contributed by atoms with Crippen molar-refractivity contribution in [3.63, 3.8) is 0 Å². The topological polar surface area (TPSA) is 107 Å². The van der Waals surface area contributed by atoms with Gasteiger partial charge in [0.25, 0.3) is 0 Å². The summed E-state index contributed by atoms with van der Waals surface area (Å²) in [7, 11) is -0.967. The van der Waals surface area contributed by atoms with Crippen LogP contribution in [0.2, 0.25) is 0 Å². The molecule has 2 aliphatic heterocycles. The summed E-state index contributed by atoms with van der Waals surface area (Å²) in [6.45, 7) is 8.82. The van der Waals surface area contributed by atoms with Gasteiger partial charge in [-0.1, -0.05) is 19.3 Å². The standard InChI is InChI=1S/C25H31N5O2S.C7H14O/c1-16(2)30-11-9-24(10-12-30)13-19(14-24)33(32)18-5-3-17(4-6-18)27-23-26-15-20-21(29-23)28-22(31)25(20)7-8-25;1-7(8)5-3-2-4-6-7/h3-6,15-16,19H,7-14H2,1-2H3,(H2,26,27,28,29,31);8H,2-6H2,1H3. The number of aliphatic hydroxyl groups is 1. The molecule has 3 N–H and O–H groups in total. The maximum Gasteiger partial charge on any atom is 0.236 e. The summed E-state index contributed by atoms with van der Waals surface area (Å²) in [4.78, 5) is 24.5. The predicted molar refractivity (Wildman–Crippen MR) is 163 cm³/mol. The normalized spacial score (nSPS) is 24.7. The molecule has 4 fully saturated rings. The average molecular weight is 580 g/mol. The van der Waals surface area contributed by atoms with Crippen LogP contribution < -0.4 is 10.6 Å². The number of likely N-dealkylation sites (tertiary alicyclic amines) is 1. The zero-order valence-corrected chi connectivity index (χ0v) is 25.6. The van der Waals surface area contributed by atoms with E-state index in [9.17, 15) is 14.1 Å². The lowest BCUT2D eigenvalue weighted by Gasteiger charge is -2.52. The minimum atomic E-state index is -0.967. The van der Waals surface area contributed by atoms with Gasteiger partial charge in [-0.3, -0.25) is 9.00 Å². The Morgan fingerprint density at radius 1 is 1.02 bits per heavy atom. The molecule has 3 aliphatic carbocycles. The Balaban J connectivity index is 0.000000328. The van der Waals surface area contributed by atoms with Gasteiger partial charge < -0.3 is 20.6 Å². The van der Waals surface area contributed by atoms with Gasteiger partial charge in [0.15, 0.2) is 0 Å². The Kier molecular flexibility index (Phi) is 7.74. The van der Waals surface area contributed by atoms with Crippen molar-refractivity contribution in [2.75, 3.05) is 23.7 Å². The smallest absolute Gasteiger partial charge is 0.236 e. The van der Waals surface area contributed by atoms with E-state index in [-0.39, 0.29) is 22.2 Å². The molecule has 3 saturated carbocycles. The molecule has 8 nitrogen and oxygen atoms in total. The lowest BCUT2D eigenvalue weighted by Crippen LogP contribution is -2.51. The first-order valence-electron chi connectivity index (χ1n) is 15.5. The van der Waals surface area contributed by atoms with Gasteiger partial charge in [-0.2, -0.15) is 4.98 Å². The molecule has 5 aliphatic rings. The van der Waals surface area contributed by atoms with Crippen LogP contribution in [0, 0.1) is 5.41 Å². The second-order valence-corrected chi connectivity index (χ2v) is 15.4. The maximum atomic E-state index is 13.1. The van der Waals surface area contributed by atoms with Crippen molar-refractivity contribution in [3.8, 4) is 0 Å². The molecular formula is C32H45N5O3S. The Morgan fingerprint density at radius 3 is 2.24 bits per heavy atom. The van der Waals surface area contributed by atoms with Crippen LogP contribution in [0.25, 0.3) is 0 Å². The molecule has 1 unspecified atom stereocenters. The molecule has 222 valence electrons. The van der Waals surface area contributed by atoms with Gasteiger partial charge in [0.1, 0.15) is 5.82 Å². The molecule has 1 aromatic carbocycles. The van der Waals surface area contributed by atoms with Crippen LogP contribution in [-0.2, 0) is 21.0 Å². The van der Waals surface area contributed by atoms with Crippen molar-refractivity contribution in [3.05, 3.63) is 36.0 Å². The predicted octanol–water partition coefficient (Wildman–Crippen LogP) is 5.67. The Bertz CT molecular complexity index is 1280. The number of aromatic nitrogens is 2. The van der Waals surface area contributed by atoms with E-state index in [1.54, 1.807) is 6.20 Å². The zero-order valence-electron chi connectivity index (χ0n) is 24.7. The number of rotatable bonds is 5. The average Bonchev–Trinajstić information content (AvgIpc) is 3.69. The highest BCUT2D eigenvalue weighted by molar-refractivity contribution is 7.85. The van der Waals surface area contributed by atoms with Crippen molar-refractivity contribution in [2.24, 2.45) is 5.41 Å². The molecule has 0 bridgehead atoms. The van der Waals surface area contributed by atoms with E-state index in [2.05, 4.69) is 39.3 Å². The number of amides is 1. The molecule has 41 heavy (non-hydrogen) atoms.